The number of carbonyl (C=O) groups excluding carboxylic acids is 2. The Morgan fingerprint density at radius 1 is 0.643 bits per heavy atom. The highest BCUT2D eigenvalue weighted by Crippen LogP contribution is 2.32. The molecule has 42 heavy (non-hydrogen) atoms. The van der Waals surface area contributed by atoms with E-state index >= 15 is 0 Å². The third kappa shape index (κ3) is 12.7. The highest BCUT2D eigenvalue weighted by Gasteiger charge is 2.28. The van der Waals surface area contributed by atoms with Crippen LogP contribution < -0.4 is 0 Å². The van der Waals surface area contributed by atoms with Gasteiger partial charge in [0.05, 0.1) is 0 Å². The maximum Gasteiger partial charge on any atom is 0.340 e. The molecule has 0 aliphatic heterocycles. The normalized spacial score (nSPS) is 24.1. The van der Waals surface area contributed by atoms with Crippen LogP contribution in [0.5, 0.6) is 0 Å². The molecule has 0 spiro atoms. The van der Waals surface area contributed by atoms with E-state index in [1.165, 1.54) is 11.1 Å². The first-order chi connectivity index (χ1) is 20.4. The summed E-state index contributed by atoms with van der Waals surface area (Å²) in [6, 6.07) is 9.03. The number of ether oxygens (including phenoxy) is 2. The number of unbranched alkanes of at least 4 members (excludes halogenated alkanes) is 4. The first kappa shape index (κ1) is 34.5. The van der Waals surface area contributed by atoms with Gasteiger partial charge in [-0.3, -0.25) is 0 Å². The van der Waals surface area contributed by atoms with Crippen molar-refractivity contribution in [2.24, 2.45) is 11.8 Å². The smallest absolute Gasteiger partial charge is 0.340 e. The van der Waals surface area contributed by atoms with Crippen LogP contribution in [0.3, 0.4) is 0 Å². The van der Waals surface area contributed by atoms with E-state index in [1.54, 1.807) is 0 Å². The molecule has 0 radical (unpaired) electrons. The Kier molecular flexibility index (Phi) is 15.9. The van der Waals surface area contributed by atoms with Crippen LogP contribution in [0, 0.1) is 11.8 Å². The molecule has 2 aliphatic carbocycles. The molecule has 2 saturated carbocycles. The minimum absolute atomic E-state index is 0.120. The molecule has 2 fully saturated rings. The van der Waals surface area contributed by atoms with Crippen molar-refractivity contribution in [3.8, 4) is 0 Å². The quantitative estimate of drug-likeness (QED) is 0.126. The van der Waals surface area contributed by atoms with Gasteiger partial charge in [0.25, 0.3) is 0 Å². The SMILES string of the molecule is CCCCCC(F)C(=O)OC1CCC(CCc2ccc(CCC3CCC(OC(=O)C(F)CCCCC)CC3)cc2)CC1. The van der Waals surface area contributed by atoms with Gasteiger partial charge in [-0.25, -0.2) is 18.4 Å². The first-order valence-electron chi connectivity index (χ1n) is 17.1. The van der Waals surface area contributed by atoms with E-state index in [0.717, 1.165) is 116 Å². The molecule has 6 heteroatoms. The van der Waals surface area contributed by atoms with Crippen LogP contribution in [-0.2, 0) is 31.9 Å². The molecule has 0 amide bonds. The lowest BCUT2D eigenvalue weighted by Gasteiger charge is -2.29. The summed E-state index contributed by atoms with van der Waals surface area (Å²) in [5, 5.41) is 0. The predicted octanol–water partition coefficient (Wildman–Crippen LogP) is 9.59. The molecule has 238 valence electrons. The number of carbonyl (C=O) groups is 2. The average Bonchev–Trinajstić information content (AvgIpc) is 3.01. The second-order valence-corrected chi connectivity index (χ2v) is 13.0. The molecule has 0 saturated heterocycles. The standard InChI is InChI=1S/C36H56F2O4/c1-3-5-7-9-33(37)35(39)41-31-23-19-29(20-24-31)17-15-27-11-13-28(14-12-27)16-18-30-21-25-32(26-22-30)42-36(40)34(38)10-8-6-4-2/h11-14,29-34H,3-10,15-26H2,1-2H3. The zero-order valence-corrected chi connectivity index (χ0v) is 26.3. The van der Waals surface area contributed by atoms with E-state index in [-0.39, 0.29) is 25.0 Å². The Bertz CT molecular complexity index is 815. The van der Waals surface area contributed by atoms with Crippen molar-refractivity contribution in [2.45, 2.75) is 167 Å². The van der Waals surface area contributed by atoms with E-state index in [2.05, 4.69) is 38.1 Å². The number of alkyl halides is 2. The van der Waals surface area contributed by atoms with Crippen molar-refractivity contribution < 1.29 is 27.8 Å². The number of esters is 2. The van der Waals surface area contributed by atoms with E-state index in [4.69, 9.17) is 9.47 Å². The summed E-state index contributed by atoms with van der Waals surface area (Å²) in [5.41, 5.74) is 2.73. The largest absolute Gasteiger partial charge is 0.460 e. The fourth-order valence-corrected chi connectivity index (χ4v) is 6.55. The molecule has 0 heterocycles. The summed E-state index contributed by atoms with van der Waals surface area (Å²) in [6.07, 6.45) is 14.7. The molecular formula is C36H56F2O4. The van der Waals surface area contributed by atoms with Crippen LogP contribution in [0.2, 0.25) is 0 Å². The number of hydrogen-bond donors (Lipinski definition) is 0. The zero-order valence-electron chi connectivity index (χ0n) is 26.3. The van der Waals surface area contributed by atoms with E-state index in [0.29, 0.717) is 11.8 Å². The fraction of sp³-hybridized carbons (Fsp3) is 0.778. The Labute approximate surface area is 253 Å². The van der Waals surface area contributed by atoms with Crippen LogP contribution in [0.15, 0.2) is 24.3 Å². The number of halogens is 2. The highest BCUT2D eigenvalue weighted by molar-refractivity contribution is 5.75. The van der Waals surface area contributed by atoms with Gasteiger partial charge in [0.2, 0.25) is 0 Å². The van der Waals surface area contributed by atoms with Crippen molar-refractivity contribution in [1.29, 1.82) is 0 Å². The fourth-order valence-electron chi connectivity index (χ4n) is 6.55. The molecule has 2 unspecified atom stereocenters. The van der Waals surface area contributed by atoms with Crippen molar-refractivity contribution in [3.05, 3.63) is 35.4 Å². The molecule has 0 aromatic heterocycles. The third-order valence-electron chi connectivity index (χ3n) is 9.49. The Morgan fingerprint density at radius 3 is 1.33 bits per heavy atom. The number of rotatable bonds is 18. The molecule has 3 rings (SSSR count). The average molecular weight is 591 g/mol. The van der Waals surface area contributed by atoms with Crippen molar-refractivity contribution in [3.63, 3.8) is 0 Å². The van der Waals surface area contributed by atoms with Gasteiger partial charge in [-0.05, 0) is 126 Å². The van der Waals surface area contributed by atoms with E-state index in [1.807, 2.05) is 0 Å². The Hall–Kier alpha value is -1.98. The Balaban J connectivity index is 1.26. The first-order valence-corrected chi connectivity index (χ1v) is 17.1. The molecule has 2 atom stereocenters. The van der Waals surface area contributed by atoms with Crippen LogP contribution in [0.4, 0.5) is 8.78 Å². The topological polar surface area (TPSA) is 52.6 Å². The molecule has 0 N–H and O–H groups in total. The van der Waals surface area contributed by atoms with Gasteiger partial charge in [-0.1, -0.05) is 63.8 Å². The minimum atomic E-state index is -1.47. The molecule has 4 nitrogen and oxygen atoms in total. The van der Waals surface area contributed by atoms with E-state index < -0.39 is 24.3 Å². The van der Waals surface area contributed by atoms with Crippen molar-refractivity contribution in [2.75, 3.05) is 0 Å². The summed E-state index contributed by atoms with van der Waals surface area (Å²) in [6.45, 7) is 4.14. The van der Waals surface area contributed by atoms with Gasteiger partial charge in [-0.2, -0.15) is 0 Å². The van der Waals surface area contributed by atoms with Crippen molar-refractivity contribution >= 4 is 11.9 Å². The van der Waals surface area contributed by atoms with Crippen LogP contribution in [0.1, 0.15) is 141 Å². The Morgan fingerprint density at radius 2 is 1.00 bits per heavy atom. The lowest BCUT2D eigenvalue weighted by Crippen LogP contribution is -2.29. The molecule has 1 aromatic carbocycles. The van der Waals surface area contributed by atoms with Crippen LogP contribution in [0.25, 0.3) is 0 Å². The summed E-state index contributed by atoms with van der Waals surface area (Å²) >= 11 is 0. The maximum absolute atomic E-state index is 14.0. The van der Waals surface area contributed by atoms with Gasteiger partial charge in [0.15, 0.2) is 12.3 Å². The monoisotopic (exact) mass is 590 g/mol. The predicted molar refractivity (Wildman–Crippen MR) is 165 cm³/mol. The van der Waals surface area contributed by atoms with Crippen LogP contribution in [-0.4, -0.2) is 36.5 Å². The highest BCUT2D eigenvalue weighted by atomic mass is 19.1. The lowest BCUT2D eigenvalue weighted by molar-refractivity contribution is -0.158. The van der Waals surface area contributed by atoms with Gasteiger partial charge in [0, 0.05) is 0 Å². The maximum atomic E-state index is 14.0. The van der Waals surface area contributed by atoms with Gasteiger partial charge >= 0.3 is 11.9 Å². The summed E-state index contributed by atoms with van der Waals surface area (Å²) in [4.78, 5) is 24.1. The van der Waals surface area contributed by atoms with Crippen LogP contribution >= 0.6 is 0 Å². The van der Waals surface area contributed by atoms with Crippen molar-refractivity contribution in [1.82, 2.24) is 0 Å². The second-order valence-electron chi connectivity index (χ2n) is 13.0. The van der Waals surface area contributed by atoms with E-state index in [9.17, 15) is 18.4 Å². The minimum Gasteiger partial charge on any atom is -0.460 e. The molecule has 2 aliphatic rings. The van der Waals surface area contributed by atoms with Gasteiger partial charge in [-0.15, -0.1) is 0 Å². The summed E-state index contributed by atoms with van der Waals surface area (Å²) in [5.74, 6) is -0.0478. The summed E-state index contributed by atoms with van der Waals surface area (Å²) < 4.78 is 39.0. The van der Waals surface area contributed by atoms with Gasteiger partial charge in [0.1, 0.15) is 12.2 Å². The summed E-state index contributed by atoms with van der Waals surface area (Å²) in [7, 11) is 0. The lowest BCUT2D eigenvalue weighted by atomic mass is 9.83. The number of aryl methyl sites for hydroxylation is 2. The number of benzene rings is 1. The third-order valence-corrected chi connectivity index (χ3v) is 9.49. The molecular weight excluding hydrogens is 534 g/mol. The zero-order chi connectivity index (χ0) is 30.2. The number of hydrogen-bond acceptors (Lipinski definition) is 4. The molecule has 0 bridgehead atoms. The molecule has 1 aromatic rings. The van der Waals surface area contributed by atoms with Gasteiger partial charge < -0.3 is 9.47 Å². The second kappa shape index (κ2) is 19.3.